The van der Waals surface area contributed by atoms with Crippen LogP contribution < -0.4 is 25.5 Å². The third-order valence-electron chi connectivity index (χ3n) is 4.44. The number of carbonyl (C=O) groups excluding carboxylic acids is 3. The second-order valence-electron chi connectivity index (χ2n) is 7.14. The first-order chi connectivity index (χ1) is 17.3. The first kappa shape index (κ1) is 26.4. The predicted molar refractivity (Wildman–Crippen MR) is 137 cm³/mol. The molecule has 0 radical (unpaired) electrons. The summed E-state index contributed by atoms with van der Waals surface area (Å²) in [6.45, 7) is 1.91. The lowest BCUT2D eigenvalue weighted by Crippen LogP contribution is -2.32. The standard InChI is InChI=1S/C25H22BrFN4O5/c1-2-35-22-13-16(14-28-31-25(34)24(33)30-20-10-6-18(27)7-11-20)3-12-21(22)36-15-23(32)29-19-8-4-17(26)5-9-19/h3-14H,2,15H2,1H3,(H,29,32)(H,30,33)(H,31,34)/b28-14-. The van der Waals surface area contributed by atoms with Crippen molar-refractivity contribution in [2.45, 2.75) is 6.92 Å². The van der Waals surface area contributed by atoms with Gasteiger partial charge in [-0.05, 0) is 79.2 Å². The molecule has 0 saturated heterocycles. The Kier molecular flexibility index (Phi) is 9.52. The SMILES string of the molecule is CCOc1cc(/C=N\NC(=O)C(=O)Nc2ccc(F)cc2)ccc1OCC(=O)Nc1ccc(Br)cc1. The van der Waals surface area contributed by atoms with Gasteiger partial charge in [0.15, 0.2) is 18.1 Å². The minimum absolute atomic E-state index is 0.233. The van der Waals surface area contributed by atoms with Gasteiger partial charge in [0, 0.05) is 15.8 Å². The maximum Gasteiger partial charge on any atom is 0.329 e. The molecule has 0 aliphatic carbocycles. The van der Waals surface area contributed by atoms with Gasteiger partial charge in [0.05, 0.1) is 12.8 Å². The van der Waals surface area contributed by atoms with Crippen molar-refractivity contribution in [2.24, 2.45) is 5.10 Å². The van der Waals surface area contributed by atoms with Crippen molar-refractivity contribution >= 4 is 51.2 Å². The zero-order chi connectivity index (χ0) is 25.9. The number of anilines is 2. The number of nitrogens with zero attached hydrogens (tertiary/aromatic N) is 1. The van der Waals surface area contributed by atoms with Crippen LogP contribution in [-0.4, -0.2) is 37.1 Å². The molecule has 0 atom stereocenters. The van der Waals surface area contributed by atoms with E-state index in [0.717, 1.165) is 16.6 Å². The molecule has 186 valence electrons. The predicted octanol–water partition coefficient (Wildman–Crippen LogP) is 4.09. The molecule has 0 aromatic heterocycles. The monoisotopic (exact) mass is 556 g/mol. The number of hydrazone groups is 1. The molecule has 0 spiro atoms. The van der Waals surface area contributed by atoms with E-state index >= 15 is 0 Å². The Morgan fingerprint density at radius 3 is 2.25 bits per heavy atom. The fraction of sp³-hybridized carbons (Fsp3) is 0.120. The van der Waals surface area contributed by atoms with Crippen molar-refractivity contribution in [1.29, 1.82) is 0 Å². The van der Waals surface area contributed by atoms with Crippen LogP contribution in [0, 0.1) is 5.82 Å². The van der Waals surface area contributed by atoms with Crippen LogP contribution in [0.5, 0.6) is 11.5 Å². The molecule has 0 aliphatic heterocycles. The highest BCUT2D eigenvalue weighted by Gasteiger charge is 2.13. The summed E-state index contributed by atoms with van der Waals surface area (Å²) in [6.07, 6.45) is 1.32. The Morgan fingerprint density at radius 1 is 0.889 bits per heavy atom. The molecule has 11 heteroatoms. The maximum absolute atomic E-state index is 12.9. The third kappa shape index (κ3) is 8.20. The first-order valence-electron chi connectivity index (χ1n) is 10.7. The fourth-order valence-electron chi connectivity index (χ4n) is 2.80. The number of benzene rings is 3. The summed E-state index contributed by atoms with van der Waals surface area (Å²) in [5.74, 6) is -2.04. The Bertz CT molecular complexity index is 1250. The Balaban J connectivity index is 1.54. The van der Waals surface area contributed by atoms with Crippen molar-refractivity contribution in [3.63, 3.8) is 0 Å². The van der Waals surface area contributed by atoms with E-state index in [0.29, 0.717) is 29.4 Å². The lowest BCUT2D eigenvalue weighted by Gasteiger charge is -2.12. The van der Waals surface area contributed by atoms with E-state index in [1.807, 2.05) is 12.1 Å². The molecule has 3 amide bonds. The van der Waals surface area contributed by atoms with Gasteiger partial charge in [-0.1, -0.05) is 15.9 Å². The lowest BCUT2D eigenvalue weighted by molar-refractivity contribution is -0.136. The van der Waals surface area contributed by atoms with Crippen LogP contribution in [-0.2, 0) is 14.4 Å². The van der Waals surface area contributed by atoms with Gasteiger partial charge in [-0.2, -0.15) is 5.10 Å². The summed E-state index contributed by atoms with van der Waals surface area (Å²) in [6, 6.07) is 16.9. The third-order valence-corrected chi connectivity index (χ3v) is 4.97. The summed E-state index contributed by atoms with van der Waals surface area (Å²) in [5, 5.41) is 8.83. The molecule has 0 fully saturated rings. The fourth-order valence-corrected chi connectivity index (χ4v) is 3.07. The number of rotatable bonds is 9. The van der Waals surface area contributed by atoms with Gasteiger partial charge in [-0.3, -0.25) is 14.4 Å². The van der Waals surface area contributed by atoms with E-state index in [9.17, 15) is 18.8 Å². The topological polar surface area (TPSA) is 118 Å². The molecule has 36 heavy (non-hydrogen) atoms. The molecule has 3 aromatic rings. The quantitative estimate of drug-likeness (QED) is 0.208. The van der Waals surface area contributed by atoms with Crippen LogP contribution in [0.3, 0.4) is 0 Å². The van der Waals surface area contributed by atoms with E-state index in [1.165, 1.54) is 18.3 Å². The molecule has 0 unspecified atom stereocenters. The average molecular weight is 557 g/mol. The summed E-state index contributed by atoms with van der Waals surface area (Å²) < 4.78 is 25.0. The van der Waals surface area contributed by atoms with Crippen molar-refractivity contribution in [2.75, 3.05) is 23.8 Å². The van der Waals surface area contributed by atoms with Gasteiger partial charge in [0.1, 0.15) is 5.82 Å². The minimum Gasteiger partial charge on any atom is -0.490 e. The summed E-state index contributed by atoms with van der Waals surface area (Å²) >= 11 is 3.34. The van der Waals surface area contributed by atoms with Crippen LogP contribution in [0.1, 0.15) is 12.5 Å². The van der Waals surface area contributed by atoms with Crippen LogP contribution >= 0.6 is 15.9 Å². The first-order valence-corrected chi connectivity index (χ1v) is 11.5. The maximum atomic E-state index is 12.9. The van der Waals surface area contributed by atoms with Crippen LogP contribution in [0.15, 0.2) is 76.3 Å². The molecule has 3 rings (SSSR count). The molecule has 9 nitrogen and oxygen atoms in total. The largest absolute Gasteiger partial charge is 0.490 e. The van der Waals surface area contributed by atoms with E-state index in [2.05, 4.69) is 37.1 Å². The van der Waals surface area contributed by atoms with E-state index in [4.69, 9.17) is 9.47 Å². The van der Waals surface area contributed by atoms with Crippen LogP contribution in [0.2, 0.25) is 0 Å². The molecule has 3 N–H and O–H groups in total. The Labute approximate surface area is 214 Å². The lowest BCUT2D eigenvalue weighted by atomic mass is 10.2. The van der Waals surface area contributed by atoms with Crippen molar-refractivity contribution < 1.29 is 28.2 Å². The molecule has 3 aromatic carbocycles. The second-order valence-corrected chi connectivity index (χ2v) is 8.06. The zero-order valence-electron chi connectivity index (χ0n) is 19.1. The van der Waals surface area contributed by atoms with Gasteiger partial charge in [-0.15, -0.1) is 0 Å². The number of hydrogen-bond acceptors (Lipinski definition) is 6. The van der Waals surface area contributed by atoms with Crippen LogP contribution in [0.25, 0.3) is 0 Å². The summed E-state index contributed by atoms with van der Waals surface area (Å²) in [7, 11) is 0. The molecule has 0 saturated carbocycles. The van der Waals surface area contributed by atoms with Crippen molar-refractivity contribution in [3.8, 4) is 11.5 Å². The normalized spacial score (nSPS) is 10.5. The zero-order valence-corrected chi connectivity index (χ0v) is 20.7. The Morgan fingerprint density at radius 2 is 1.56 bits per heavy atom. The highest BCUT2D eigenvalue weighted by Crippen LogP contribution is 2.28. The van der Waals surface area contributed by atoms with Gasteiger partial charge in [-0.25, -0.2) is 9.82 Å². The molecule has 0 bridgehead atoms. The summed E-state index contributed by atoms with van der Waals surface area (Å²) in [4.78, 5) is 36.0. The smallest absolute Gasteiger partial charge is 0.329 e. The molecule has 0 heterocycles. The van der Waals surface area contributed by atoms with Gasteiger partial charge in [0.25, 0.3) is 5.91 Å². The van der Waals surface area contributed by atoms with Crippen molar-refractivity contribution in [3.05, 3.63) is 82.6 Å². The van der Waals surface area contributed by atoms with Gasteiger partial charge < -0.3 is 20.1 Å². The van der Waals surface area contributed by atoms with Gasteiger partial charge >= 0.3 is 11.8 Å². The van der Waals surface area contributed by atoms with Gasteiger partial charge in [0.2, 0.25) is 0 Å². The molecular formula is C25H22BrFN4O5. The number of nitrogens with one attached hydrogen (secondary N) is 3. The number of amides is 3. The average Bonchev–Trinajstić information content (AvgIpc) is 2.86. The van der Waals surface area contributed by atoms with E-state index in [-0.39, 0.29) is 18.2 Å². The molecule has 0 aliphatic rings. The summed E-state index contributed by atoms with van der Waals surface area (Å²) in [5.41, 5.74) is 3.56. The number of ether oxygens (including phenoxy) is 2. The van der Waals surface area contributed by atoms with E-state index in [1.54, 1.807) is 37.3 Å². The second kappa shape index (κ2) is 13.0. The van der Waals surface area contributed by atoms with Crippen LogP contribution in [0.4, 0.5) is 15.8 Å². The number of halogens is 2. The number of carbonyl (C=O) groups is 3. The highest BCUT2D eigenvalue weighted by molar-refractivity contribution is 9.10. The van der Waals surface area contributed by atoms with Crippen molar-refractivity contribution in [1.82, 2.24) is 5.43 Å². The highest BCUT2D eigenvalue weighted by atomic mass is 79.9. The minimum atomic E-state index is -1.00. The molecular weight excluding hydrogens is 535 g/mol. The number of hydrogen-bond donors (Lipinski definition) is 3. The van der Waals surface area contributed by atoms with E-state index < -0.39 is 17.6 Å². The Hall–Kier alpha value is -4.25.